The number of nitrogens with zero attached hydrogens (tertiary/aromatic N) is 1. The molecular formula is C13H13Cl2NO2. The molecule has 0 bridgehead atoms. The van der Waals surface area contributed by atoms with Crippen LogP contribution < -0.4 is 0 Å². The monoisotopic (exact) mass is 285 g/mol. The number of carbonyl (C=O) groups excluding carboxylic acids is 1. The Morgan fingerprint density at radius 2 is 1.94 bits per heavy atom. The Hall–Kier alpha value is -1.03. The van der Waals surface area contributed by atoms with Gasteiger partial charge in [0.1, 0.15) is 0 Å². The predicted octanol–water partition coefficient (Wildman–Crippen LogP) is 2.87. The highest BCUT2D eigenvalue weighted by Gasteiger charge is 2.22. The predicted molar refractivity (Wildman–Crippen MR) is 72.9 cm³/mol. The van der Waals surface area contributed by atoms with Crippen LogP contribution >= 0.6 is 23.2 Å². The van der Waals surface area contributed by atoms with Crippen molar-refractivity contribution < 1.29 is 9.53 Å². The van der Waals surface area contributed by atoms with Crippen molar-refractivity contribution in [3.05, 3.63) is 40.4 Å². The third-order valence-electron chi connectivity index (χ3n) is 2.83. The zero-order valence-corrected chi connectivity index (χ0v) is 11.3. The van der Waals surface area contributed by atoms with E-state index >= 15 is 0 Å². The van der Waals surface area contributed by atoms with E-state index in [9.17, 15) is 4.79 Å². The summed E-state index contributed by atoms with van der Waals surface area (Å²) < 4.78 is 5.21. The van der Waals surface area contributed by atoms with E-state index < -0.39 is 0 Å². The topological polar surface area (TPSA) is 29.5 Å². The first-order valence-corrected chi connectivity index (χ1v) is 6.37. The number of ether oxygens (including phenoxy) is 1. The highest BCUT2D eigenvalue weighted by molar-refractivity contribution is 6.44. The lowest BCUT2D eigenvalue weighted by Gasteiger charge is -2.27. The molecule has 1 aliphatic rings. The first kappa shape index (κ1) is 13.4. The summed E-state index contributed by atoms with van der Waals surface area (Å²) in [5, 5.41) is 0.788. The Kier molecular flexibility index (Phi) is 4.27. The van der Waals surface area contributed by atoms with Gasteiger partial charge in [0.05, 0.1) is 23.3 Å². The van der Waals surface area contributed by atoms with Gasteiger partial charge in [-0.3, -0.25) is 4.79 Å². The number of benzene rings is 1. The van der Waals surface area contributed by atoms with E-state index in [1.807, 2.05) is 0 Å². The van der Waals surface area contributed by atoms with E-state index in [-0.39, 0.29) is 5.91 Å². The SMILES string of the molecule is C=C(C(=O)N1CCOCC1)c1cccc(Cl)c1Cl. The van der Waals surface area contributed by atoms with Crippen LogP contribution in [-0.2, 0) is 9.53 Å². The second-order valence-corrected chi connectivity index (χ2v) is 4.77. The molecule has 0 spiro atoms. The molecule has 96 valence electrons. The molecule has 1 fully saturated rings. The molecule has 5 heteroatoms. The molecule has 1 aromatic rings. The smallest absolute Gasteiger partial charge is 0.254 e. The van der Waals surface area contributed by atoms with Crippen LogP contribution in [0.5, 0.6) is 0 Å². The molecule has 2 rings (SSSR count). The normalized spacial score (nSPS) is 15.6. The third kappa shape index (κ3) is 2.69. The molecule has 0 aliphatic carbocycles. The van der Waals surface area contributed by atoms with Crippen LogP contribution in [0.2, 0.25) is 10.0 Å². The molecule has 18 heavy (non-hydrogen) atoms. The molecule has 0 atom stereocenters. The Morgan fingerprint density at radius 1 is 1.28 bits per heavy atom. The number of rotatable bonds is 2. The van der Waals surface area contributed by atoms with E-state index in [1.54, 1.807) is 23.1 Å². The molecule has 1 aliphatic heterocycles. The van der Waals surface area contributed by atoms with Crippen LogP contribution in [0.15, 0.2) is 24.8 Å². The molecule has 1 amide bonds. The minimum absolute atomic E-state index is 0.123. The maximum absolute atomic E-state index is 12.2. The van der Waals surface area contributed by atoms with Crippen LogP contribution in [-0.4, -0.2) is 37.1 Å². The Bertz CT molecular complexity index is 482. The van der Waals surface area contributed by atoms with Crippen LogP contribution in [0.1, 0.15) is 5.56 Å². The van der Waals surface area contributed by atoms with Crippen molar-refractivity contribution in [3.63, 3.8) is 0 Å². The summed E-state index contributed by atoms with van der Waals surface area (Å²) in [5.41, 5.74) is 0.949. The van der Waals surface area contributed by atoms with Crippen LogP contribution in [0.3, 0.4) is 0 Å². The molecule has 0 N–H and O–H groups in total. The molecule has 0 unspecified atom stereocenters. The molecular weight excluding hydrogens is 273 g/mol. The summed E-state index contributed by atoms with van der Waals surface area (Å²) in [6, 6.07) is 5.18. The lowest BCUT2D eigenvalue weighted by molar-refractivity contribution is -0.128. The molecule has 0 aromatic heterocycles. The number of halogens is 2. The van der Waals surface area contributed by atoms with Gasteiger partial charge in [-0.15, -0.1) is 0 Å². The fourth-order valence-electron chi connectivity index (χ4n) is 1.81. The summed E-state index contributed by atoms with van der Waals surface area (Å²) in [6.07, 6.45) is 0. The molecule has 1 heterocycles. The standard InChI is InChI=1S/C13H13Cl2NO2/c1-9(10-3-2-4-11(14)12(10)15)13(17)16-5-7-18-8-6-16/h2-4H,1,5-8H2. The molecule has 3 nitrogen and oxygen atoms in total. The van der Waals surface area contributed by atoms with Crippen molar-refractivity contribution in [2.24, 2.45) is 0 Å². The first-order valence-electron chi connectivity index (χ1n) is 5.61. The Labute approximate surface area is 116 Å². The van der Waals surface area contributed by atoms with Gasteiger partial charge in [0.15, 0.2) is 0 Å². The minimum Gasteiger partial charge on any atom is -0.378 e. The summed E-state index contributed by atoms with van der Waals surface area (Å²) in [7, 11) is 0. The third-order valence-corrected chi connectivity index (χ3v) is 3.65. The first-order chi connectivity index (χ1) is 8.61. The summed E-state index contributed by atoms with van der Waals surface area (Å²) >= 11 is 12.0. The van der Waals surface area contributed by atoms with Gasteiger partial charge in [0.25, 0.3) is 5.91 Å². The lowest BCUT2D eigenvalue weighted by Crippen LogP contribution is -2.40. The van der Waals surface area contributed by atoms with Gasteiger partial charge >= 0.3 is 0 Å². The zero-order chi connectivity index (χ0) is 13.1. The second kappa shape index (κ2) is 5.74. The number of carbonyl (C=O) groups is 1. The van der Waals surface area contributed by atoms with Crippen molar-refractivity contribution in [1.29, 1.82) is 0 Å². The number of amides is 1. The summed E-state index contributed by atoms with van der Waals surface area (Å²) in [5.74, 6) is -0.123. The lowest BCUT2D eigenvalue weighted by atomic mass is 10.1. The van der Waals surface area contributed by atoms with Crippen LogP contribution in [0.4, 0.5) is 0 Å². The average Bonchev–Trinajstić information content (AvgIpc) is 2.41. The average molecular weight is 286 g/mol. The number of morpholine rings is 1. The van der Waals surface area contributed by atoms with Crippen molar-refractivity contribution in [3.8, 4) is 0 Å². The quantitative estimate of drug-likeness (QED) is 0.782. The van der Waals surface area contributed by atoms with Crippen molar-refractivity contribution in [2.45, 2.75) is 0 Å². The van der Waals surface area contributed by atoms with E-state index in [1.165, 1.54) is 0 Å². The number of hydrogen-bond donors (Lipinski definition) is 0. The minimum atomic E-state index is -0.123. The molecule has 1 aromatic carbocycles. The van der Waals surface area contributed by atoms with Gasteiger partial charge in [-0.25, -0.2) is 0 Å². The Balaban J connectivity index is 2.20. The van der Waals surface area contributed by atoms with Crippen LogP contribution in [0, 0.1) is 0 Å². The maximum atomic E-state index is 12.2. The van der Waals surface area contributed by atoms with Gasteiger partial charge in [0.2, 0.25) is 0 Å². The molecule has 0 radical (unpaired) electrons. The van der Waals surface area contributed by atoms with E-state index in [2.05, 4.69) is 6.58 Å². The number of hydrogen-bond acceptors (Lipinski definition) is 2. The van der Waals surface area contributed by atoms with Gasteiger partial charge in [-0.05, 0) is 6.07 Å². The zero-order valence-electron chi connectivity index (χ0n) is 9.79. The van der Waals surface area contributed by atoms with Crippen molar-refractivity contribution in [1.82, 2.24) is 4.90 Å². The molecule has 0 saturated carbocycles. The van der Waals surface area contributed by atoms with Gasteiger partial charge < -0.3 is 9.64 Å². The second-order valence-electron chi connectivity index (χ2n) is 3.98. The van der Waals surface area contributed by atoms with Crippen molar-refractivity contribution >= 4 is 34.7 Å². The fourth-order valence-corrected chi connectivity index (χ4v) is 2.22. The van der Waals surface area contributed by atoms with Gasteiger partial charge in [-0.2, -0.15) is 0 Å². The largest absolute Gasteiger partial charge is 0.378 e. The summed E-state index contributed by atoms with van der Waals surface area (Å²) in [6.45, 7) is 6.10. The van der Waals surface area contributed by atoms with Gasteiger partial charge in [-0.1, -0.05) is 41.9 Å². The van der Waals surface area contributed by atoms with Gasteiger partial charge in [0, 0.05) is 24.2 Å². The van der Waals surface area contributed by atoms with E-state index in [0.29, 0.717) is 47.5 Å². The summed E-state index contributed by atoms with van der Waals surface area (Å²) in [4.78, 5) is 13.9. The Morgan fingerprint density at radius 3 is 2.61 bits per heavy atom. The molecule has 1 saturated heterocycles. The van der Waals surface area contributed by atoms with Crippen molar-refractivity contribution in [2.75, 3.05) is 26.3 Å². The van der Waals surface area contributed by atoms with Crippen LogP contribution in [0.25, 0.3) is 5.57 Å². The van der Waals surface area contributed by atoms with E-state index in [0.717, 1.165) is 0 Å². The highest BCUT2D eigenvalue weighted by Crippen LogP contribution is 2.30. The highest BCUT2D eigenvalue weighted by atomic mass is 35.5. The maximum Gasteiger partial charge on any atom is 0.254 e. The van der Waals surface area contributed by atoms with E-state index in [4.69, 9.17) is 27.9 Å². The fraction of sp³-hybridized carbons (Fsp3) is 0.308.